The van der Waals surface area contributed by atoms with Crippen LogP contribution < -0.4 is 10.1 Å². The Labute approximate surface area is 171 Å². The largest absolute Gasteiger partial charge is 0.483 e. The SMILES string of the molecule is COC(CN(C)C(=O)Nc1nnc(C(C)Oc2cc(Cl)cc(Cl)c2)s1)OC. The fraction of sp³-hybridized carbons (Fsp3) is 0.438. The lowest BCUT2D eigenvalue weighted by Crippen LogP contribution is -2.38. The van der Waals surface area contributed by atoms with Crippen LogP contribution >= 0.6 is 34.5 Å². The summed E-state index contributed by atoms with van der Waals surface area (Å²) in [6.07, 6.45) is -0.907. The number of amides is 2. The first-order chi connectivity index (χ1) is 12.8. The van der Waals surface area contributed by atoms with E-state index in [1.807, 2.05) is 6.92 Å². The van der Waals surface area contributed by atoms with Crippen molar-refractivity contribution >= 4 is 45.7 Å². The van der Waals surface area contributed by atoms with Gasteiger partial charge in [0.15, 0.2) is 11.3 Å². The molecule has 1 aromatic heterocycles. The summed E-state index contributed by atoms with van der Waals surface area (Å²) >= 11 is 13.1. The predicted octanol–water partition coefficient (Wildman–Crippen LogP) is 4.07. The number of anilines is 1. The second-order valence-electron chi connectivity index (χ2n) is 5.52. The third kappa shape index (κ3) is 6.47. The lowest BCUT2D eigenvalue weighted by Gasteiger charge is -2.21. The molecule has 1 atom stereocenters. The van der Waals surface area contributed by atoms with Crippen molar-refractivity contribution in [2.45, 2.75) is 19.3 Å². The third-order valence-corrected chi connectivity index (χ3v) is 4.88. The number of urea groups is 1. The number of methoxy groups -OCH3 is 2. The first-order valence-electron chi connectivity index (χ1n) is 7.86. The molecular weight excluding hydrogens is 415 g/mol. The molecule has 8 nitrogen and oxygen atoms in total. The lowest BCUT2D eigenvalue weighted by atomic mass is 10.3. The number of aromatic nitrogens is 2. The van der Waals surface area contributed by atoms with Gasteiger partial charge in [0.05, 0.1) is 6.54 Å². The molecule has 0 spiro atoms. The molecule has 0 fully saturated rings. The van der Waals surface area contributed by atoms with E-state index in [1.165, 1.54) is 30.5 Å². The fourth-order valence-electron chi connectivity index (χ4n) is 2.04. The molecule has 0 aliphatic carbocycles. The van der Waals surface area contributed by atoms with Crippen LogP contribution in [0.5, 0.6) is 5.75 Å². The average molecular weight is 435 g/mol. The van der Waals surface area contributed by atoms with E-state index in [2.05, 4.69) is 15.5 Å². The highest BCUT2D eigenvalue weighted by Crippen LogP contribution is 2.30. The number of halogens is 2. The zero-order chi connectivity index (χ0) is 20.0. The average Bonchev–Trinajstić information content (AvgIpc) is 3.07. The summed E-state index contributed by atoms with van der Waals surface area (Å²) in [7, 11) is 4.63. The Morgan fingerprint density at radius 3 is 2.44 bits per heavy atom. The standard InChI is InChI=1S/C16H20Cl2N4O4S/c1-9(26-12-6-10(17)5-11(18)7-12)14-20-21-15(27-14)19-16(23)22(2)8-13(24-3)25-4/h5-7,9,13H,8H2,1-4H3,(H,19,21,23). The molecule has 0 bridgehead atoms. The van der Waals surface area contributed by atoms with Gasteiger partial charge in [-0.25, -0.2) is 4.79 Å². The Balaban J connectivity index is 1.96. The summed E-state index contributed by atoms with van der Waals surface area (Å²) in [5, 5.41) is 12.6. The van der Waals surface area contributed by atoms with E-state index in [4.69, 9.17) is 37.4 Å². The predicted molar refractivity (Wildman–Crippen MR) is 105 cm³/mol. The minimum atomic E-state index is -0.510. The van der Waals surface area contributed by atoms with Gasteiger partial charge in [-0.3, -0.25) is 5.32 Å². The van der Waals surface area contributed by atoms with Gasteiger partial charge in [0, 0.05) is 31.3 Å². The minimum Gasteiger partial charge on any atom is -0.483 e. The molecule has 0 aliphatic rings. The number of likely N-dealkylation sites (N-methyl/N-ethyl adjacent to an activating group) is 1. The number of hydrogen-bond donors (Lipinski definition) is 1. The maximum absolute atomic E-state index is 12.2. The molecule has 1 N–H and O–H groups in total. The van der Waals surface area contributed by atoms with Crippen molar-refractivity contribution in [1.29, 1.82) is 0 Å². The number of carbonyl (C=O) groups excluding carboxylic acids is 1. The van der Waals surface area contributed by atoms with Crippen molar-refractivity contribution in [3.63, 3.8) is 0 Å². The van der Waals surface area contributed by atoms with Gasteiger partial charge in [0.25, 0.3) is 0 Å². The van der Waals surface area contributed by atoms with E-state index in [0.29, 0.717) is 25.9 Å². The maximum atomic E-state index is 12.2. The normalized spacial score (nSPS) is 12.1. The topological polar surface area (TPSA) is 85.8 Å². The van der Waals surface area contributed by atoms with Crippen molar-refractivity contribution in [2.75, 3.05) is 33.1 Å². The molecule has 0 radical (unpaired) electrons. The van der Waals surface area contributed by atoms with Gasteiger partial charge in [-0.15, -0.1) is 10.2 Å². The summed E-state index contributed by atoms with van der Waals surface area (Å²) in [5.41, 5.74) is 0. The van der Waals surface area contributed by atoms with Crippen LogP contribution in [0, 0.1) is 0 Å². The van der Waals surface area contributed by atoms with Gasteiger partial charge >= 0.3 is 6.03 Å². The summed E-state index contributed by atoms with van der Waals surface area (Å²) in [6.45, 7) is 2.08. The molecular formula is C16H20Cl2N4O4S. The molecule has 0 aliphatic heterocycles. The first-order valence-corrected chi connectivity index (χ1v) is 9.43. The smallest absolute Gasteiger partial charge is 0.323 e. The van der Waals surface area contributed by atoms with Crippen LogP contribution in [0.4, 0.5) is 9.93 Å². The molecule has 2 rings (SSSR count). The number of ether oxygens (including phenoxy) is 3. The minimum absolute atomic E-state index is 0.263. The van der Waals surface area contributed by atoms with E-state index in [9.17, 15) is 4.79 Å². The molecule has 11 heteroatoms. The van der Waals surface area contributed by atoms with Crippen LogP contribution in [0.3, 0.4) is 0 Å². The van der Waals surface area contributed by atoms with Gasteiger partial charge in [0.1, 0.15) is 11.9 Å². The van der Waals surface area contributed by atoms with Crippen molar-refractivity contribution < 1.29 is 19.0 Å². The van der Waals surface area contributed by atoms with E-state index in [0.717, 1.165) is 0 Å². The van der Waals surface area contributed by atoms with Crippen LogP contribution in [0.1, 0.15) is 18.0 Å². The van der Waals surface area contributed by atoms with Crippen molar-refractivity contribution in [2.24, 2.45) is 0 Å². The molecule has 1 unspecified atom stereocenters. The highest BCUT2D eigenvalue weighted by atomic mass is 35.5. The lowest BCUT2D eigenvalue weighted by molar-refractivity contribution is -0.108. The van der Waals surface area contributed by atoms with Crippen LogP contribution in [-0.4, -0.2) is 55.2 Å². The quantitative estimate of drug-likeness (QED) is 0.630. The number of carbonyl (C=O) groups is 1. The van der Waals surface area contributed by atoms with Crippen LogP contribution in [0.2, 0.25) is 10.0 Å². The van der Waals surface area contributed by atoms with Crippen LogP contribution in [0.25, 0.3) is 0 Å². The molecule has 1 heterocycles. The van der Waals surface area contributed by atoms with Gasteiger partial charge in [0.2, 0.25) is 5.13 Å². The molecule has 1 aromatic carbocycles. The van der Waals surface area contributed by atoms with E-state index in [-0.39, 0.29) is 12.6 Å². The number of nitrogens with zero attached hydrogens (tertiary/aromatic N) is 3. The maximum Gasteiger partial charge on any atom is 0.323 e. The summed E-state index contributed by atoms with van der Waals surface area (Å²) < 4.78 is 15.9. The van der Waals surface area contributed by atoms with Gasteiger partial charge in [-0.05, 0) is 25.1 Å². The summed E-state index contributed by atoms with van der Waals surface area (Å²) in [5.74, 6) is 0.519. The van der Waals surface area contributed by atoms with Gasteiger partial charge in [-0.1, -0.05) is 34.5 Å². The molecule has 0 saturated carbocycles. The van der Waals surface area contributed by atoms with Crippen molar-refractivity contribution in [3.05, 3.63) is 33.3 Å². The highest BCUT2D eigenvalue weighted by Gasteiger charge is 2.19. The van der Waals surface area contributed by atoms with Gasteiger partial charge in [-0.2, -0.15) is 0 Å². The van der Waals surface area contributed by atoms with Crippen LogP contribution in [-0.2, 0) is 9.47 Å². The summed E-state index contributed by atoms with van der Waals surface area (Å²) in [4.78, 5) is 13.6. The van der Waals surface area contributed by atoms with Crippen LogP contribution in [0.15, 0.2) is 18.2 Å². The molecule has 148 valence electrons. The third-order valence-electron chi connectivity index (χ3n) is 3.45. The number of hydrogen-bond acceptors (Lipinski definition) is 7. The van der Waals surface area contributed by atoms with E-state index in [1.54, 1.807) is 25.2 Å². The van der Waals surface area contributed by atoms with Crippen molar-refractivity contribution in [3.8, 4) is 5.75 Å². The number of benzene rings is 1. The monoisotopic (exact) mass is 434 g/mol. The molecule has 27 heavy (non-hydrogen) atoms. The zero-order valence-electron chi connectivity index (χ0n) is 15.2. The fourth-order valence-corrected chi connectivity index (χ4v) is 3.26. The zero-order valence-corrected chi connectivity index (χ0v) is 17.6. The molecule has 2 amide bonds. The van der Waals surface area contributed by atoms with Crippen molar-refractivity contribution in [1.82, 2.24) is 15.1 Å². The molecule has 2 aromatic rings. The van der Waals surface area contributed by atoms with E-state index < -0.39 is 12.4 Å². The Hall–Kier alpha value is -1.65. The first kappa shape index (κ1) is 21.6. The van der Waals surface area contributed by atoms with Gasteiger partial charge < -0.3 is 19.1 Å². The second-order valence-corrected chi connectivity index (χ2v) is 7.40. The number of rotatable bonds is 8. The van der Waals surface area contributed by atoms with E-state index >= 15 is 0 Å². The highest BCUT2D eigenvalue weighted by molar-refractivity contribution is 7.15. The Kier molecular flexibility index (Phi) is 8.06. The Bertz CT molecular complexity index is 752. The second kappa shape index (κ2) is 10.0. The number of nitrogens with one attached hydrogen (secondary N) is 1. The summed E-state index contributed by atoms with van der Waals surface area (Å²) in [6, 6.07) is 4.58. The Morgan fingerprint density at radius 1 is 1.22 bits per heavy atom. The Morgan fingerprint density at radius 2 is 1.85 bits per heavy atom. The molecule has 0 saturated heterocycles.